The predicted octanol–water partition coefficient (Wildman–Crippen LogP) is 4.38. The zero-order valence-corrected chi connectivity index (χ0v) is 13.6. The molecular weight excluding hydrogens is 278 g/mol. The van der Waals surface area contributed by atoms with E-state index >= 15 is 0 Å². The largest absolute Gasteiger partial charge is 0.496 e. The number of nitrogens with two attached hydrogens (primary N) is 1. The third-order valence-corrected chi connectivity index (χ3v) is 5.61. The third-order valence-electron chi connectivity index (χ3n) is 4.29. The average Bonchev–Trinajstić information content (AvgIpc) is 2.77. The fourth-order valence-corrected chi connectivity index (χ4v) is 4.37. The van der Waals surface area contributed by atoms with E-state index in [-0.39, 0.29) is 6.04 Å². The molecule has 1 heterocycles. The van der Waals surface area contributed by atoms with Crippen molar-refractivity contribution in [2.75, 3.05) is 7.11 Å². The summed E-state index contributed by atoms with van der Waals surface area (Å²) in [5, 5.41) is 0. The SMILES string of the molecule is COc1ccc(C)cc1C(N)c1cc2c(s1)CCCCC2. The minimum atomic E-state index is -0.0863. The van der Waals surface area contributed by atoms with Crippen LogP contribution in [-0.4, -0.2) is 7.11 Å². The number of benzene rings is 1. The first-order valence-electron chi connectivity index (χ1n) is 7.70. The molecule has 2 nitrogen and oxygen atoms in total. The maximum Gasteiger partial charge on any atom is 0.124 e. The molecule has 3 rings (SSSR count). The van der Waals surface area contributed by atoms with Gasteiger partial charge in [-0.05, 0) is 50.3 Å². The van der Waals surface area contributed by atoms with Gasteiger partial charge in [-0.3, -0.25) is 0 Å². The Kier molecular flexibility index (Phi) is 4.32. The summed E-state index contributed by atoms with van der Waals surface area (Å²) in [5.74, 6) is 0.886. The van der Waals surface area contributed by atoms with Crippen LogP contribution in [0.5, 0.6) is 5.75 Å². The molecule has 2 aromatic rings. The van der Waals surface area contributed by atoms with Crippen molar-refractivity contribution < 1.29 is 4.74 Å². The summed E-state index contributed by atoms with van der Waals surface area (Å²) in [7, 11) is 1.71. The van der Waals surface area contributed by atoms with Gasteiger partial charge in [-0.25, -0.2) is 0 Å². The van der Waals surface area contributed by atoms with Gasteiger partial charge < -0.3 is 10.5 Å². The van der Waals surface area contributed by atoms with E-state index < -0.39 is 0 Å². The summed E-state index contributed by atoms with van der Waals surface area (Å²) in [6.45, 7) is 2.10. The van der Waals surface area contributed by atoms with Crippen molar-refractivity contribution in [3.63, 3.8) is 0 Å². The van der Waals surface area contributed by atoms with Gasteiger partial charge in [0.15, 0.2) is 0 Å². The molecule has 1 unspecified atom stereocenters. The second-order valence-corrected chi connectivity index (χ2v) is 7.05. The lowest BCUT2D eigenvalue weighted by molar-refractivity contribution is 0.408. The van der Waals surface area contributed by atoms with Crippen LogP contribution in [-0.2, 0) is 12.8 Å². The first-order chi connectivity index (χ1) is 10.2. The smallest absolute Gasteiger partial charge is 0.124 e. The Hall–Kier alpha value is -1.32. The second-order valence-electron chi connectivity index (χ2n) is 5.88. The standard InChI is InChI=1S/C18H23NOS/c1-12-8-9-15(20-2)14(10-12)18(19)17-11-13-6-4-3-5-7-16(13)21-17/h8-11,18H,3-7,19H2,1-2H3. The molecule has 0 saturated heterocycles. The highest BCUT2D eigenvalue weighted by Crippen LogP contribution is 2.36. The molecule has 1 aliphatic rings. The fourth-order valence-electron chi connectivity index (χ4n) is 3.09. The van der Waals surface area contributed by atoms with Gasteiger partial charge in [0.25, 0.3) is 0 Å². The van der Waals surface area contributed by atoms with E-state index in [0.29, 0.717) is 0 Å². The van der Waals surface area contributed by atoms with Gasteiger partial charge in [-0.2, -0.15) is 0 Å². The molecule has 0 fully saturated rings. The normalized spacial score (nSPS) is 16.1. The number of rotatable bonds is 3. The van der Waals surface area contributed by atoms with Crippen molar-refractivity contribution in [1.82, 2.24) is 0 Å². The highest BCUT2D eigenvalue weighted by Gasteiger charge is 2.19. The minimum absolute atomic E-state index is 0.0863. The minimum Gasteiger partial charge on any atom is -0.496 e. The Morgan fingerprint density at radius 3 is 2.76 bits per heavy atom. The molecule has 1 aromatic carbocycles. The van der Waals surface area contributed by atoms with Crippen LogP contribution in [0.1, 0.15) is 51.7 Å². The summed E-state index contributed by atoms with van der Waals surface area (Å²) in [4.78, 5) is 2.82. The second kappa shape index (κ2) is 6.20. The van der Waals surface area contributed by atoms with Crippen LogP contribution in [0.25, 0.3) is 0 Å². The van der Waals surface area contributed by atoms with Crippen LogP contribution in [0.2, 0.25) is 0 Å². The number of fused-ring (bicyclic) bond motifs is 1. The molecule has 0 saturated carbocycles. The lowest BCUT2D eigenvalue weighted by atomic mass is 10.0. The lowest BCUT2D eigenvalue weighted by Crippen LogP contribution is -2.12. The average molecular weight is 301 g/mol. The Morgan fingerprint density at radius 1 is 1.14 bits per heavy atom. The van der Waals surface area contributed by atoms with Crippen molar-refractivity contribution in [3.8, 4) is 5.75 Å². The molecule has 0 bridgehead atoms. The molecule has 1 aliphatic carbocycles. The molecule has 112 valence electrons. The topological polar surface area (TPSA) is 35.2 Å². The number of hydrogen-bond acceptors (Lipinski definition) is 3. The van der Waals surface area contributed by atoms with Crippen molar-refractivity contribution in [2.24, 2.45) is 5.73 Å². The van der Waals surface area contributed by atoms with Crippen LogP contribution in [0.15, 0.2) is 24.3 Å². The van der Waals surface area contributed by atoms with Gasteiger partial charge in [0.05, 0.1) is 13.2 Å². The molecule has 0 aliphatic heterocycles. The van der Waals surface area contributed by atoms with Gasteiger partial charge in [-0.15, -0.1) is 11.3 Å². The van der Waals surface area contributed by atoms with Crippen molar-refractivity contribution in [3.05, 3.63) is 50.7 Å². The van der Waals surface area contributed by atoms with E-state index in [4.69, 9.17) is 10.5 Å². The highest BCUT2D eigenvalue weighted by atomic mass is 32.1. The molecule has 0 radical (unpaired) electrons. The summed E-state index contributed by atoms with van der Waals surface area (Å²) < 4.78 is 5.49. The van der Waals surface area contributed by atoms with Crippen LogP contribution in [0.3, 0.4) is 0 Å². The zero-order chi connectivity index (χ0) is 14.8. The molecule has 1 aromatic heterocycles. The molecule has 1 atom stereocenters. The quantitative estimate of drug-likeness (QED) is 0.854. The summed E-state index contributed by atoms with van der Waals surface area (Å²) in [5.41, 5.74) is 10.4. The van der Waals surface area contributed by atoms with Gasteiger partial charge in [0, 0.05) is 15.3 Å². The van der Waals surface area contributed by atoms with Gasteiger partial charge in [0.2, 0.25) is 0 Å². The zero-order valence-electron chi connectivity index (χ0n) is 12.8. The molecule has 0 spiro atoms. The van der Waals surface area contributed by atoms with E-state index in [1.807, 2.05) is 17.4 Å². The maximum absolute atomic E-state index is 6.54. The Labute approximate surface area is 130 Å². The monoisotopic (exact) mass is 301 g/mol. The van der Waals surface area contributed by atoms with Gasteiger partial charge >= 0.3 is 0 Å². The molecule has 3 heteroatoms. The van der Waals surface area contributed by atoms with E-state index in [1.54, 1.807) is 12.0 Å². The number of ether oxygens (including phenoxy) is 1. The van der Waals surface area contributed by atoms with E-state index in [0.717, 1.165) is 11.3 Å². The van der Waals surface area contributed by atoms with Crippen molar-refractivity contribution in [2.45, 2.75) is 45.1 Å². The van der Waals surface area contributed by atoms with Gasteiger partial charge in [-0.1, -0.05) is 24.1 Å². The Morgan fingerprint density at radius 2 is 1.95 bits per heavy atom. The highest BCUT2D eigenvalue weighted by molar-refractivity contribution is 7.12. The number of aryl methyl sites for hydroxylation is 3. The Balaban J connectivity index is 1.95. The van der Waals surface area contributed by atoms with E-state index in [1.165, 1.54) is 48.1 Å². The lowest BCUT2D eigenvalue weighted by Gasteiger charge is -2.15. The van der Waals surface area contributed by atoms with Crippen molar-refractivity contribution in [1.29, 1.82) is 0 Å². The van der Waals surface area contributed by atoms with E-state index in [2.05, 4.69) is 25.1 Å². The van der Waals surface area contributed by atoms with Crippen LogP contribution < -0.4 is 10.5 Å². The summed E-state index contributed by atoms with van der Waals surface area (Å²) in [6.07, 6.45) is 6.41. The predicted molar refractivity (Wildman–Crippen MR) is 89.3 cm³/mol. The Bertz CT molecular complexity index is 609. The number of hydrogen-bond donors (Lipinski definition) is 1. The maximum atomic E-state index is 6.54. The first kappa shape index (κ1) is 14.6. The molecular formula is C18H23NOS. The van der Waals surface area contributed by atoms with Crippen LogP contribution in [0.4, 0.5) is 0 Å². The van der Waals surface area contributed by atoms with Crippen LogP contribution >= 0.6 is 11.3 Å². The molecule has 21 heavy (non-hydrogen) atoms. The third kappa shape index (κ3) is 2.99. The summed E-state index contributed by atoms with van der Waals surface area (Å²) in [6, 6.07) is 8.48. The van der Waals surface area contributed by atoms with E-state index in [9.17, 15) is 0 Å². The van der Waals surface area contributed by atoms with Crippen LogP contribution in [0, 0.1) is 6.92 Å². The fraction of sp³-hybridized carbons (Fsp3) is 0.444. The number of thiophene rings is 1. The molecule has 2 N–H and O–H groups in total. The van der Waals surface area contributed by atoms with Crippen molar-refractivity contribution >= 4 is 11.3 Å². The molecule has 0 amide bonds. The summed E-state index contributed by atoms with van der Waals surface area (Å²) >= 11 is 1.90. The van der Waals surface area contributed by atoms with Gasteiger partial charge in [0.1, 0.15) is 5.75 Å². The number of methoxy groups -OCH3 is 1. The first-order valence-corrected chi connectivity index (χ1v) is 8.52.